The van der Waals surface area contributed by atoms with Crippen LogP contribution in [0.3, 0.4) is 0 Å². The van der Waals surface area contributed by atoms with Gasteiger partial charge in [-0.3, -0.25) is 0 Å². The SMILES string of the molecule is COC(=O)/C(C(=Nc1cc(Cl)ccc1Br)SCc1cc(C)on1)=C(\C)O. The molecule has 2 rings (SSSR count). The van der Waals surface area contributed by atoms with Gasteiger partial charge >= 0.3 is 5.97 Å². The summed E-state index contributed by atoms with van der Waals surface area (Å²) in [5.41, 5.74) is 1.17. The summed E-state index contributed by atoms with van der Waals surface area (Å²) in [4.78, 5) is 16.6. The minimum absolute atomic E-state index is 0.0235. The number of thioether (sulfide) groups is 1. The van der Waals surface area contributed by atoms with E-state index in [4.69, 9.17) is 20.9 Å². The Bertz CT molecular complexity index is 875. The lowest BCUT2D eigenvalue weighted by atomic mass is 10.2. The maximum absolute atomic E-state index is 12.1. The predicted molar refractivity (Wildman–Crippen MR) is 106 cm³/mol. The van der Waals surface area contributed by atoms with Crippen LogP contribution >= 0.6 is 39.3 Å². The van der Waals surface area contributed by atoms with Gasteiger partial charge in [-0.15, -0.1) is 0 Å². The Labute approximate surface area is 168 Å². The van der Waals surface area contributed by atoms with E-state index in [2.05, 4.69) is 26.1 Å². The molecule has 6 nitrogen and oxygen atoms in total. The number of benzene rings is 1. The highest BCUT2D eigenvalue weighted by atomic mass is 79.9. The third-order valence-corrected chi connectivity index (χ3v) is 5.04. The zero-order chi connectivity index (χ0) is 19.3. The molecule has 2 aromatic rings. The lowest BCUT2D eigenvalue weighted by Crippen LogP contribution is -2.14. The molecule has 0 spiro atoms. The van der Waals surface area contributed by atoms with Gasteiger partial charge in [-0.1, -0.05) is 28.5 Å². The molecule has 0 amide bonds. The highest BCUT2D eigenvalue weighted by Gasteiger charge is 2.22. The zero-order valence-electron chi connectivity index (χ0n) is 14.2. The average Bonchev–Trinajstić information content (AvgIpc) is 3.00. The summed E-state index contributed by atoms with van der Waals surface area (Å²) < 4.78 is 10.5. The van der Waals surface area contributed by atoms with Crippen molar-refractivity contribution >= 4 is 56.0 Å². The Hall–Kier alpha value is -1.77. The first-order valence-electron chi connectivity index (χ1n) is 7.39. The first kappa shape index (κ1) is 20.5. The van der Waals surface area contributed by atoms with Gasteiger partial charge in [0.1, 0.15) is 22.1 Å². The van der Waals surface area contributed by atoms with Gasteiger partial charge < -0.3 is 14.4 Å². The van der Waals surface area contributed by atoms with Crippen molar-refractivity contribution in [2.75, 3.05) is 7.11 Å². The number of carbonyl (C=O) groups is 1. The number of aliphatic hydroxyl groups is 1. The van der Waals surface area contributed by atoms with E-state index in [0.717, 1.165) is 0 Å². The van der Waals surface area contributed by atoms with Crippen LogP contribution in [0.15, 0.2) is 49.6 Å². The van der Waals surface area contributed by atoms with Crippen LogP contribution in [0, 0.1) is 6.92 Å². The van der Waals surface area contributed by atoms with E-state index >= 15 is 0 Å². The number of aliphatic imine (C=N–C) groups is 1. The molecule has 0 bridgehead atoms. The van der Waals surface area contributed by atoms with E-state index in [0.29, 0.717) is 32.4 Å². The van der Waals surface area contributed by atoms with E-state index < -0.39 is 5.97 Å². The molecule has 0 aliphatic carbocycles. The molecule has 0 fully saturated rings. The lowest BCUT2D eigenvalue weighted by Gasteiger charge is -2.10. The van der Waals surface area contributed by atoms with Crippen molar-refractivity contribution in [1.82, 2.24) is 5.16 Å². The number of aromatic nitrogens is 1. The molecule has 0 aliphatic rings. The molecular weight excluding hydrogens is 444 g/mol. The molecule has 0 atom stereocenters. The molecule has 0 saturated carbocycles. The van der Waals surface area contributed by atoms with Crippen LogP contribution in [-0.2, 0) is 15.3 Å². The fourth-order valence-corrected chi connectivity index (χ4v) is 3.42. The minimum Gasteiger partial charge on any atom is -0.512 e. The van der Waals surface area contributed by atoms with Crippen molar-refractivity contribution in [3.8, 4) is 0 Å². The van der Waals surface area contributed by atoms with Crippen LogP contribution in [0.2, 0.25) is 5.02 Å². The van der Waals surface area contributed by atoms with E-state index in [9.17, 15) is 9.90 Å². The summed E-state index contributed by atoms with van der Waals surface area (Å²) in [6.45, 7) is 3.19. The molecule has 0 aliphatic heterocycles. The number of halogens is 2. The summed E-state index contributed by atoms with van der Waals surface area (Å²) in [6.07, 6.45) is 0. The molecule has 138 valence electrons. The molecule has 1 N–H and O–H groups in total. The fourth-order valence-electron chi connectivity index (χ4n) is 1.96. The van der Waals surface area contributed by atoms with Crippen LogP contribution in [0.5, 0.6) is 0 Å². The molecule has 0 saturated heterocycles. The van der Waals surface area contributed by atoms with Gasteiger partial charge in [-0.05, 0) is 48.0 Å². The van der Waals surface area contributed by atoms with Crippen LogP contribution in [0.1, 0.15) is 18.4 Å². The third-order valence-electron chi connectivity index (χ3n) is 3.13. The topological polar surface area (TPSA) is 84.9 Å². The third kappa shape index (κ3) is 5.36. The van der Waals surface area contributed by atoms with Gasteiger partial charge in [0.25, 0.3) is 0 Å². The molecule has 0 radical (unpaired) electrons. The Morgan fingerprint density at radius 1 is 1.46 bits per heavy atom. The second kappa shape index (κ2) is 9.25. The number of aryl methyl sites for hydroxylation is 1. The summed E-state index contributed by atoms with van der Waals surface area (Å²) in [7, 11) is 1.24. The van der Waals surface area contributed by atoms with Gasteiger partial charge in [0.2, 0.25) is 0 Å². The van der Waals surface area contributed by atoms with E-state index in [1.165, 1.54) is 25.8 Å². The van der Waals surface area contributed by atoms with Gasteiger partial charge in [0.15, 0.2) is 0 Å². The molecular formula is C17H16BrClN2O4S. The standard InChI is InChI=1S/C17H16BrClN2O4S/c1-9-6-12(21-25-9)8-26-16(15(10(2)22)17(23)24-3)20-14-7-11(19)4-5-13(14)18/h4-7,22H,8H2,1-3H3/b15-10+,20-16?. The largest absolute Gasteiger partial charge is 0.512 e. The van der Waals surface area contributed by atoms with Crippen molar-refractivity contribution in [1.29, 1.82) is 0 Å². The number of allylic oxidation sites excluding steroid dienone is 1. The smallest absolute Gasteiger partial charge is 0.344 e. The van der Waals surface area contributed by atoms with Crippen LogP contribution in [0.25, 0.3) is 0 Å². The monoisotopic (exact) mass is 458 g/mol. The van der Waals surface area contributed by atoms with Crippen molar-refractivity contribution in [2.24, 2.45) is 4.99 Å². The first-order valence-corrected chi connectivity index (χ1v) is 9.54. The van der Waals surface area contributed by atoms with Crippen LogP contribution in [-0.4, -0.2) is 28.4 Å². The molecule has 9 heteroatoms. The van der Waals surface area contributed by atoms with Crippen molar-refractivity contribution in [3.63, 3.8) is 0 Å². The Balaban J connectivity index is 2.46. The molecule has 1 heterocycles. The van der Waals surface area contributed by atoms with Crippen LogP contribution < -0.4 is 0 Å². The quantitative estimate of drug-likeness (QED) is 0.213. The Morgan fingerprint density at radius 2 is 2.19 bits per heavy atom. The first-order chi connectivity index (χ1) is 12.3. The van der Waals surface area contributed by atoms with Gasteiger partial charge in [-0.25, -0.2) is 9.79 Å². The molecule has 1 aromatic carbocycles. The Morgan fingerprint density at radius 3 is 2.77 bits per heavy atom. The number of rotatable bonds is 5. The second-order valence-electron chi connectivity index (χ2n) is 5.18. The number of ether oxygens (including phenoxy) is 1. The normalized spacial score (nSPS) is 12.7. The van der Waals surface area contributed by atoms with E-state index in [1.54, 1.807) is 31.2 Å². The summed E-state index contributed by atoms with van der Waals surface area (Å²) in [5.74, 6) is 0.185. The maximum atomic E-state index is 12.1. The lowest BCUT2D eigenvalue weighted by molar-refractivity contribution is -0.135. The van der Waals surface area contributed by atoms with E-state index in [-0.39, 0.29) is 16.4 Å². The number of methoxy groups -OCH3 is 1. The number of hydrogen-bond acceptors (Lipinski definition) is 7. The summed E-state index contributed by atoms with van der Waals surface area (Å²) >= 11 is 10.7. The van der Waals surface area contributed by atoms with Gasteiger partial charge in [0.05, 0.1) is 18.5 Å². The zero-order valence-corrected chi connectivity index (χ0v) is 17.4. The second-order valence-corrected chi connectivity index (χ2v) is 7.44. The molecule has 1 aromatic heterocycles. The molecule has 0 unspecified atom stereocenters. The highest BCUT2D eigenvalue weighted by molar-refractivity contribution is 9.10. The number of esters is 1. The molecule has 26 heavy (non-hydrogen) atoms. The van der Waals surface area contributed by atoms with Gasteiger partial charge in [0, 0.05) is 21.3 Å². The summed E-state index contributed by atoms with van der Waals surface area (Å²) in [6, 6.07) is 6.89. The van der Waals surface area contributed by atoms with Crippen molar-refractivity contribution in [3.05, 3.63) is 56.5 Å². The van der Waals surface area contributed by atoms with Gasteiger partial charge in [-0.2, -0.15) is 0 Å². The minimum atomic E-state index is -0.689. The van der Waals surface area contributed by atoms with E-state index in [1.807, 2.05) is 0 Å². The average molecular weight is 460 g/mol. The van der Waals surface area contributed by atoms with Crippen molar-refractivity contribution < 1.29 is 19.2 Å². The predicted octanol–water partition coefficient (Wildman–Crippen LogP) is 5.37. The van der Waals surface area contributed by atoms with Crippen LogP contribution in [0.4, 0.5) is 5.69 Å². The Kier molecular flexibility index (Phi) is 7.31. The number of hydrogen-bond donors (Lipinski definition) is 1. The van der Waals surface area contributed by atoms with Crippen molar-refractivity contribution in [2.45, 2.75) is 19.6 Å². The fraction of sp³-hybridized carbons (Fsp3) is 0.235. The number of carbonyl (C=O) groups excluding carboxylic acids is 1. The summed E-state index contributed by atoms with van der Waals surface area (Å²) in [5, 5.41) is 14.7. The number of aliphatic hydroxyl groups excluding tert-OH is 1. The maximum Gasteiger partial charge on any atom is 0.344 e. The highest BCUT2D eigenvalue weighted by Crippen LogP contribution is 2.32. The number of nitrogens with zero attached hydrogens (tertiary/aromatic N) is 2.